The van der Waals surface area contributed by atoms with E-state index in [0.717, 1.165) is 52.7 Å². The molecule has 0 saturated carbocycles. The molecule has 21 heavy (non-hydrogen) atoms. The molecule has 0 unspecified atom stereocenters. The van der Waals surface area contributed by atoms with Crippen molar-refractivity contribution in [3.05, 3.63) is 40.6 Å². The molecule has 2 heterocycles. The first kappa shape index (κ1) is 12.2. The van der Waals surface area contributed by atoms with Gasteiger partial charge in [0.1, 0.15) is 0 Å². The number of aromatic carboxylic acids is 1. The van der Waals surface area contributed by atoms with Crippen LogP contribution in [0.2, 0.25) is 0 Å². The topological polar surface area (TPSA) is 81.8 Å². The van der Waals surface area contributed by atoms with E-state index in [2.05, 4.69) is 15.2 Å². The van der Waals surface area contributed by atoms with Gasteiger partial charge >= 0.3 is 5.97 Å². The molecular formula is C16H15N3O2. The first-order chi connectivity index (χ1) is 10.2. The maximum absolute atomic E-state index is 11.6. The molecule has 0 saturated heterocycles. The van der Waals surface area contributed by atoms with Gasteiger partial charge < -0.3 is 10.1 Å². The highest BCUT2D eigenvalue weighted by atomic mass is 16.4. The number of H-pyrrole nitrogens is 2. The zero-order valence-corrected chi connectivity index (χ0v) is 11.7. The quantitative estimate of drug-likeness (QED) is 0.641. The van der Waals surface area contributed by atoms with Gasteiger partial charge in [-0.05, 0) is 48.9 Å². The number of aryl methyl sites for hydroxylation is 3. The molecule has 0 amide bonds. The molecule has 5 nitrogen and oxygen atoms in total. The number of carbonyl (C=O) groups is 1. The number of hydrogen-bond acceptors (Lipinski definition) is 2. The lowest BCUT2D eigenvalue weighted by atomic mass is 9.99. The molecular weight excluding hydrogens is 266 g/mol. The fraction of sp³-hybridized carbons (Fsp3) is 0.250. The van der Waals surface area contributed by atoms with Crippen molar-refractivity contribution in [1.29, 1.82) is 0 Å². The molecule has 0 bridgehead atoms. The molecule has 1 aliphatic carbocycles. The van der Waals surface area contributed by atoms with Crippen LogP contribution in [0.3, 0.4) is 0 Å². The molecule has 0 fully saturated rings. The molecule has 1 aliphatic rings. The number of carboxylic acid groups (broad SMARTS) is 1. The summed E-state index contributed by atoms with van der Waals surface area (Å²) in [4.78, 5) is 15.0. The van der Waals surface area contributed by atoms with Crippen molar-refractivity contribution in [2.75, 3.05) is 0 Å². The third kappa shape index (κ3) is 1.63. The maximum atomic E-state index is 11.6. The highest BCUT2D eigenvalue weighted by Gasteiger charge is 2.24. The predicted molar refractivity (Wildman–Crippen MR) is 79.6 cm³/mol. The standard InChI is InChI=1S/C16H15N3O2/c1-8-5-6-11(16(20)21)12-10-4-2-3-9-7-17-19-14(9)15(10)18-13(8)12/h5-7,18H,2-4H2,1H3,(H,17,19)(H,20,21). The van der Waals surface area contributed by atoms with Crippen molar-refractivity contribution in [3.8, 4) is 11.4 Å². The molecule has 0 aliphatic heterocycles. The fourth-order valence-corrected chi connectivity index (χ4v) is 3.32. The number of rotatable bonds is 1. The van der Waals surface area contributed by atoms with Gasteiger partial charge in [0.15, 0.2) is 0 Å². The number of aromatic nitrogens is 3. The van der Waals surface area contributed by atoms with Gasteiger partial charge in [-0.2, -0.15) is 5.10 Å². The van der Waals surface area contributed by atoms with Gasteiger partial charge in [0, 0.05) is 5.39 Å². The van der Waals surface area contributed by atoms with Crippen LogP contribution < -0.4 is 0 Å². The van der Waals surface area contributed by atoms with Gasteiger partial charge in [0.2, 0.25) is 0 Å². The molecule has 3 aromatic rings. The van der Waals surface area contributed by atoms with Gasteiger partial charge in [-0.1, -0.05) is 6.07 Å². The third-order valence-corrected chi connectivity index (χ3v) is 4.34. The molecule has 2 aromatic heterocycles. The number of hydrogen-bond donors (Lipinski definition) is 3. The lowest BCUT2D eigenvalue weighted by Crippen LogP contribution is -1.99. The largest absolute Gasteiger partial charge is 0.478 e. The summed E-state index contributed by atoms with van der Waals surface area (Å²) in [7, 11) is 0. The van der Waals surface area contributed by atoms with E-state index >= 15 is 0 Å². The predicted octanol–water partition coefficient (Wildman–Crippen LogP) is 3.05. The van der Waals surface area contributed by atoms with Crippen LogP contribution in [-0.4, -0.2) is 26.3 Å². The summed E-state index contributed by atoms with van der Waals surface area (Å²) in [5, 5.41) is 17.5. The second kappa shape index (κ2) is 4.22. The maximum Gasteiger partial charge on any atom is 0.336 e. The number of benzene rings is 1. The molecule has 106 valence electrons. The summed E-state index contributed by atoms with van der Waals surface area (Å²) in [6.45, 7) is 2.00. The Morgan fingerprint density at radius 3 is 2.95 bits per heavy atom. The van der Waals surface area contributed by atoms with E-state index in [9.17, 15) is 9.90 Å². The molecule has 1 aromatic carbocycles. The van der Waals surface area contributed by atoms with Gasteiger partial charge in [0.05, 0.1) is 28.7 Å². The van der Waals surface area contributed by atoms with E-state index in [1.54, 1.807) is 6.07 Å². The second-order valence-electron chi connectivity index (χ2n) is 5.59. The summed E-state index contributed by atoms with van der Waals surface area (Å²) in [6, 6.07) is 3.56. The molecule has 4 rings (SSSR count). The van der Waals surface area contributed by atoms with Gasteiger partial charge in [-0.15, -0.1) is 0 Å². The van der Waals surface area contributed by atoms with Crippen molar-refractivity contribution >= 4 is 16.9 Å². The average molecular weight is 281 g/mol. The molecule has 0 atom stereocenters. The summed E-state index contributed by atoms with van der Waals surface area (Å²) in [5.74, 6) is -0.879. The summed E-state index contributed by atoms with van der Waals surface area (Å²) in [6.07, 6.45) is 4.70. The molecule has 0 radical (unpaired) electrons. The zero-order chi connectivity index (χ0) is 14.6. The Kier molecular flexibility index (Phi) is 2.45. The van der Waals surface area contributed by atoms with Gasteiger partial charge in [-0.25, -0.2) is 4.79 Å². The first-order valence-corrected chi connectivity index (χ1v) is 7.07. The summed E-state index contributed by atoms with van der Waals surface area (Å²) in [5.41, 5.74) is 6.62. The number of fused-ring (bicyclic) bond motifs is 5. The Balaban J connectivity index is 2.14. The summed E-state index contributed by atoms with van der Waals surface area (Å²) >= 11 is 0. The Labute approximate surface area is 121 Å². The third-order valence-electron chi connectivity index (χ3n) is 4.34. The number of carboxylic acids is 1. The smallest absolute Gasteiger partial charge is 0.336 e. The summed E-state index contributed by atoms with van der Waals surface area (Å²) < 4.78 is 0. The lowest BCUT2D eigenvalue weighted by molar-refractivity contribution is 0.0699. The monoisotopic (exact) mass is 281 g/mol. The van der Waals surface area contributed by atoms with Crippen LogP contribution in [0.15, 0.2) is 18.3 Å². The normalized spacial score (nSPS) is 13.8. The van der Waals surface area contributed by atoms with Crippen LogP contribution in [0, 0.1) is 6.92 Å². The average Bonchev–Trinajstić information content (AvgIpc) is 3.01. The minimum absolute atomic E-state index is 0.371. The highest BCUT2D eigenvalue weighted by molar-refractivity contribution is 6.07. The van der Waals surface area contributed by atoms with Crippen LogP contribution in [0.4, 0.5) is 0 Å². The lowest BCUT2D eigenvalue weighted by Gasteiger charge is -2.04. The van der Waals surface area contributed by atoms with E-state index in [1.165, 1.54) is 5.56 Å². The Morgan fingerprint density at radius 1 is 1.29 bits per heavy atom. The first-order valence-electron chi connectivity index (χ1n) is 7.07. The van der Waals surface area contributed by atoms with E-state index in [4.69, 9.17) is 0 Å². The Morgan fingerprint density at radius 2 is 2.14 bits per heavy atom. The van der Waals surface area contributed by atoms with Crippen LogP contribution in [0.1, 0.15) is 33.5 Å². The molecule has 5 heteroatoms. The zero-order valence-electron chi connectivity index (χ0n) is 11.7. The van der Waals surface area contributed by atoms with Crippen molar-refractivity contribution in [1.82, 2.24) is 15.2 Å². The van der Waals surface area contributed by atoms with E-state index < -0.39 is 5.97 Å². The van der Waals surface area contributed by atoms with Gasteiger partial charge in [0.25, 0.3) is 0 Å². The Hall–Kier alpha value is -2.56. The van der Waals surface area contributed by atoms with E-state index in [-0.39, 0.29) is 0 Å². The van der Waals surface area contributed by atoms with Crippen molar-refractivity contribution in [2.45, 2.75) is 26.2 Å². The fourth-order valence-electron chi connectivity index (χ4n) is 3.32. The van der Waals surface area contributed by atoms with Gasteiger partial charge in [-0.3, -0.25) is 5.10 Å². The SMILES string of the molecule is Cc1ccc(C(=O)O)c2c3c([nH]c12)-c1[nH]ncc1CCC3. The van der Waals surface area contributed by atoms with Crippen LogP contribution in [-0.2, 0) is 12.8 Å². The number of nitrogens with one attached hydrogen (secondary N) is 2. The number of nitrogens with zero attached hydrogens (tertiary/aromatic N) is 1. The minimum Gasteiger partial charge on any atom is -0.478 e. The second-order valence-corrected chi connectivity index (χ2v) is 5.59. The van der Waals surface area contributed by atoms with Crippen LogP contribution in [0.5, 0.6) is 0 Å². The van der Waals surface area contributed by atoms with Crippen LogP contribution in [0.25, 0.3) is 22.3 Å². The van der Waals surface area contributed by atoms with Crippen molar-refractivity contribution < 1.29 is 9.90 Å². The minimum atomic E-state index is -0.879. The molecule has 3 N–H and O–H groups in total. The van der Waals surface area contributed by atoms with Crippen molar-refractivity contribution in [3.63, 3.8) is 0 Å². The Bertz CT molecular complexity index is 873. The highest BCUT2D eigenvalue weighted by Crippen LogP contribution is 2.37. The van der Waals surface area contributed by atoms with Crippen LogP contribution >= 0.6 is 0 Å². The number of aromatic amines is 2. The van der Waals surface area contributed by atoms with Crippen molar-refractivity contribution in [2.24, 2.45) is 0 Å². The van der Waals surface area contributed by atoms with E-state index in [1.807, 2.05) is 19.2 Å². The van der Waals surface area contributed by atoms with E-state index in [0.29, 0.717) is 5.56 Å². The molecule has 0 spiro atoms.